The average molecular weight is 764 g/mol. The molecule has 0 saturated carbocycles. The van der Waals surface area contributed by atoms with Gasteiger partial charge in [-0.2, -0.15) is 0 Å². The van der Waals surface area contributed by atoms with Gasteiger partial charge in [-0.05, 0) is 83.3 Å². The molecular weight excluding hydrogens is 667 g/mol. The Hall–Kier alpha value is -1.10. The molecule has 0 aromatic rings. The van der Waals surface area contributed by atoms with Crippen molar-refractivity contribution in [3.63, 3.8) is 0 Å². The highest BCUT2D eigenvalue weighted by molar-refractivity contribution is 5.69. The third-order valence-electron chi connectivity index (χ3n) is 11.8. The summed E-state index contributed by atoms with van der Waals surface area (Å²) in [5, 5.41) is 0. The van der Waals surface area contributed by atoms with Crippen LogP contribution in [0.1, 0.15) is 252 Å². The minimum absolute atomic E-state index is 0.0248. The largest absolute Gasteiger partial charge is 0.465 e. The van der Waals surface area contributed by atoms with E-state index in [0.717, 1.165) is 31.6 Å². The minimum Gasteiger partial charge on any atom is -0.465 e. The predicted molar refractivity (Wildman–Crippen MR) is 235 cm³/mol. The molecule has 0 aliphatic carbocycles. The first kappa shape index (κ1) is 52.9. The maximum Gasteiger partial charge on any atom is 0.305 e. The molecule has 0 N–H and O–H groups in total. The second-order valence-electron chi connectivity index (χ2n) is 17.6. The lowest BCUT2D eigenvalue weighted by molar-refractivity contribution is -0.146. The van der Waals surface area contributed by atoms with Crippen molar-refractivity contribution in [3.8, 4) is 0 Å². The second kappa shape index (κ2) is 41.5. The molecule has 0 aliphatic rings. The summed E-state index contributed by atoms with van der Waals surface area (Å²) in [6.45, 7) is 11.5. The van der Waals surface area contributed by atoms with Gasteiger partial charge in [0.05, 0.1) is 13.2 Å². The molecular formula is C49H97NO4. The first-order chi connectivity index (χ1) is 26.4. The van der Waals surface area contributed by atoms with Crippen LogP contribution in [-0.2, 0) is 19.1 Å². The van der Waals surface area contributed by atoms with Crippen molar-refractivity contribution < 1.29 is 19.1 Å². The van der Waals surface area contributed by atoms with Crippen LogP contribution in [0, 0.1) is 17.8 Å². The molecule has 0 aliphatic heterocycles. The number of carbonyl (C=O) groups is 2. The average Bonchev–Trinajstić information content (AvgIpc) is 3.16. The highest BCUT2D eigenvalue weighted by atomic mass is 16.5. The first-order valence-corrected chi connectivity index (χ1v) is 24.3. The fraction of sp³-hybridized carbons (Fsp3) is 0.959. The van der Waals surface area contributed by atoms with Crippen molar-refractivity contribution in [3.05, 3.63) is 0 Å². The molecule has 0 heterocycles. The number of hydrogen-bond acceptors (Lipinski definition) is 5. The number of rotatable bonds is 43. The van der Waals surface area contributed by atoms with Gasteiger partial charge in [0.1, 0.15) is 0 Å². The topological polar surface area (TPSA) is 55.8 Å². The van der Waals surface area contributed by atoms with Crippen LogP contribution < -0.4 is 0 Å². The normalized spacial score (nSPS) is 13.3. The molecule has 0 fully saturated rings. The molecule has 0 aromatic heterocycles. The lowest BCUT2D eigenvalue weighted by Gasteiger charge is -2.18. The monoisotopic (exact) mass is 764 g/mol. The van der Waals surface area contributed by atoms with E-state index < -0.39 is 0 Å². The number of carbonyl (C=O) groups excluding carboxylic acids is 2. The number of ether oxygens (including phenoxy) is 2. The Morgan fingerprint density at radius 1 is 0.370 bits per heavy atom. The van der Waals surface area contributed by atoms with E-state index in [1.54, 1.807) is 0 Å². The van der Waals surface area contributed by atoms with Gasteiger partial charge in [-0.25, -0.2) is 0 Å². The molecule has 54 heavy (non-hydrogen) atoms. The molecule has 0 aromatic carbocycles. The van der Waals surface area contributed by atoms with Crippen LogP contribution in [0.15, 0.2) is 0 Å². The standard InChI is InChI=1S/C49H97NO4/c1-7-11-15-25-38-46(33-13-9-3)43-53-48(51)40-29-23-19-17-21-27-35-45(37-31-32-42-50(5)6)36-28-22-18-20-24-30-41-49(52)54-44-47(34-14-10-4)39-26-16-12-8-2/h45-47H,7-44H2,1-6H3. The van der Waals surface area contributed by atoms with Crippen LogP contribution in [0.4, 0.5) is 0 Å². The van der Waals surface area contributed by atoms with E-state index in [1.165, 1.54) is 193 Å². The number of unbranched alkanes of at least 4 members (excludes halogenated alkanes) is 19. The lowest BCUT2D eigenvalue weighted by Crippen LogP contribution is -2.14. The number of nitrogens with zero attached hydrogens (tertiary/aromatic N) is 1. The van der Waals surface area contributed by atoms with Crippen molar-refractivity contribution >= 4 is 11.9 Å². The van der Waals surface area contributed by atoms with Gasteiger partial charge in [0, 0.05) is 12.8 Å². The summed E-state index contributed by atoms with van der Waals surface area (Å²) >= 11 is 0. The van der Waals surface area contributed by atoms with Crippen LogP contribution in [-0.4, -0.2) is 50.7 Å². The third kappa shape index (κ3) is 37.8. The van der Waals surface area contributed by atoms with Crippen molar-refractivity contribution in [1.82, 2.24) is 4.90 Å². The van der Waals surface area contributed by atoms with Crippen LogP contribution in [0.2, 0.25) is 0 Å². The summed E-state index contributed by atoms with van der Waals surface area (Å²) in [6, 6.07) is 0. The van der Waals surface area contributed by atoms with Crippen molar-refractivity contribution in [2.24, 2.45) is 17.8 Å². The van der Waals surface area contributed by atoms with E-state index in [0.29, 0.717) is 37.9 Å². The van der Waals surface area contributed by atoms with Gasteiger partial charge in [0.15, 0.2) is 0 Å². The maximum atomic E-state index is 12.4. The predicted octanol–water partition coefficient (Wildman–Crippen LogP) is 15.2. The van der Waals surface area contributed by atoms with Crippen molar-refractivity contribution in [2.75, 3.05) is 33.9 Å². The Morgan fingerprint density at radius 3 is 1.04 bits per heavy atom. The molecule has 0 radical (unpaired) electrons. The van der Waals surface area contributed by atoms with Gasteiger partial charge < -0.3 is 14.4 Å². The summed E-state index contributed by atoms with van der Waals surface area (Å²) in [5.74, 6) is 2.03. The Kier molecular flexibility index (Phi) is 40.7. The van der Waals surface area contributed by atoms with Gasteiger partial charge in [-0.15, -0.1) is 0 Å². The quantitative estimate of drug-likeness (QED) is 0.0457. The molecule has 2 atom stereocenters. The molecule has 5 nitrogen and oxygen atoms in total. The van der Waals surface area contributed by atoms with E-state index >= 15 is 0 Å². The molecule has 322 valence electrons. The lowest BCUT2D eigenvalue weighted by atomic mass is 9.90. The summed E-state index contributed by atoms with van der Waals surface area (Å²) in [6.07, 6.45) is 42.8. The summed E-state index contributed by atoms with van der Waals surface area (Å²) < 4.78 is 11.5. The van der Waals surface area contributed by atoms with Gasteiger partial charge in [0.25, 0.3) is 0 Å². The highest BCUT2D eigenvalue weighted by Gasteiger charge is 2.14. The van der Waals surface area contributed by atoms with E-state index in [2.05, 4.69) is 46.7 Å². The fourth-order valence-electron chi connectivity index (χ4n) is 8.01. The SMILES string of the molecule is CCCCCCC(CCCC)COC(=O)CCCCCCCCC(CCCCCCCCC(=O)OCC(CCCC)CCCCCC)CCCCN(C)C. The molecule has 0 spiro atoms. The van der Waals surface area contributed by atoms with Gasteiger partial charge in [-0.1, -0.05) is 195 Å². The summed E-state index contributed by atoms with van der Waals surface area (Å²) in [4.78, 5) is 27.1. The zero-order valence-electron chi connectivity index (χ0n) is 37.7. The molecule has 5 heteroatoms. The molecule has 2 unspecified atom stereocenters. The molecule has 0 amide bonds. The van der Waals surface area contributed by atoms with E-state index in [4.69, 9.17) is 9.47 Å². The first-order valence-electron chi connectivity index (χ1n) is 24.3. The zero-order chi connectivity index (χ0) is 39.7. The van der Waals surface area contributed by atoms with E-state index in [-0.39, 0.29) is 11.9 Å². The van der Waals surface area contributed by atoms with Gasteiger partial charge in [-0.3, -0.25) is 9.59 Å². The molecule has 0 bridgehead atoms. The third-order valence-corrected chi connectivity index (χ3v) is 11.8. The Morgan fingerprint density at radius 2 is 0.667 bits per heavy atom. The highest BCUT2D eigenvalue weighted by Crippen LogP contribution is 2.25. The van der Waals surface area contributed by atoms with Crippen molar-refractivity contribution in [1.29, 1.82) is 0 Å². The van der Waals surface area contributed by atoms with Crippen LogP contribution >= 0.6 is 0 Å². The minimum atomic E-state index is 0.0248. The molecule has 0 rings (SSSR count). The number of esters is 2. The van der Waals surface area contributed by atoms with Gasteiger partial charge >= 0.3 is 11.9 Å². The van der Waals surface area contributed by atoms with Crippen LogP contribution in [0.5, 0.6) is 0 Å². The van der Waals surface area contributed by atoms with Crippen LogP contribution in [0.3, 0.4) is 0 Å². The maximum absolute atomic E-state index is 12.4. The van der Waals surface area contributed by atoms with Crippen molar-refractivity contribution in [2.45, 2.75) is 252 Å². The zero-order valence-corrected chi connectivity index (χ0v) is 37.7. The Labute approximate surface area is 339 Å². The molecule has 0 saturated heterocycles. The van der Waals surface area contributed by atoms with Crippen LogP contribution in [0.25, 0.3) is 0 Å². The van der Waals surface area contributed by atoms with E-state index in [1.807, 2.05) is 0 Å². The number of hydrogen-bond donors (Lipinski definition) is 0. The Bertz CT molecular complexity index is 730. The Balaban J connectivity index is 4.15. The summed E-state index contributed by atoms with van der Waals surface area (Å²) in [5.41, 5.74) is 0. The smallest absolute Gasteiger partial charge is 0.305 e. The fourth-order valence-corrected chi connectivity index (χ4v) is 8.01. The summed E-state index contributed by atoms with van der Waals surface area (Å²) in [7, 11) is 4.37. The van der Waals surface area contributed by atoms with E-state index in [9.17, 15) is 9.59 Å². The second-order valence-corrected chi connectivity index (χ2v) is 17.6. The van der Waals surface area contributed by atoms with Gasteiger partial charge in [0.2, 0.25) is 0 Å².